The zero-order valence-corrected chi connectivity index (χ0v) is 15.2. The highest BCUT2D eigenvalue weighted by Gasteiger charge is 2.26. The molecule has 3 N–H and O–H groups in total. The fraction of sp³-hybridized carbons (Fsp3) is 0.316. The number of rotatable bonds is 6. The second kappa shape index (κ2) is 8.94. The lowest BCUT2D eigenvalue weighted by Crippen LogP contribution is -2.42. The quantitative estimate of drug-likeness (QED) is 0.697. The number of amides is 1. The van der Waals surface area contributed by atoms with E-state index in [1.165, 1.54) is 6.07 Å². The van der Waals surface area contributed by atoms with Crippen LogP contribution in [-0.2, 0) is 11.3 Å². The lowest BCUT2D eigenvalue weighted by Gasteiger charge is -2.25. The molecular weight excluding hydrogens is 374 g/mol. The Labute approximate surface area is 161 Å². The first-order chi connectivity index (χ1) is 13.1. The standard InChI is InChI=1S/C19H20ClNO6/c20-14-8-13(9-16-18(14)26-7-6-25-16)17(23)15(10-22)21-19(24)27-11-12-4-2-1-3-5-12/h1-5,8-9,15,17,22-23H,6-7,10-11H2,(H,21,24)/t15-,17-/m1/s1. The van der Waals surface area contributed by atoms with Crippen LogP contribution in [0.5, 0.6) is 11.5 Å². The van der Waals surface area contributed by atoms with Gasteiger partial charge in [-0.15, -0.1) is 0 Å². The highest BCUT2D eigenvalue weighted by Crippen LogP contribution is 2.40. The molecular formula is C19H20ClNO6. The minimum Gasteiger partial charge on any atom is -0.486 e. The third kappa shape index (κ3) is 4.82. The minimum atomic E-state index is -1.22. The van der Waals surface area contributed by atoms with E-state index in [4.69, 9.17) is 25.8 Å². The normalized spacial score (nSPS) is 14.9. The fourth-order valence-corrected chi connectivity index (χ4v) is 2.95. The van der Waals surface area contributed by atoms with Crippen LogP contribution in [-0.4, -0.2) is 42.2 Å². The van der Waals surface area contributed by atoms with E-state index in [0.29, 0.717) is 30.3 Å². The third-order valence-electron chi connectivity index (χ3n) is 4.05. The van der Waals surface area contributed by atoms with Crippen LogP contribution in [0.25, 0.3) is 0 Å². The molecule has 144 valence electrons. The third-order valence-corrected chi connectivity index (χ3v) is 4.34. The maximum absolute atomic E-state index is 12.0. The molecule has 27 heavy (non-hydrogen) atoms. The first kappa shape index (κ1) is 19.3. The predicted molar refractivity (Wildman–Crippen MR) is 98.0 cm³/mol. The van der Waals surface area contributed by atoms with E-state index in [2.05, 4.69) is 5.32 Å². The highest BCUT2D eigenvalue weighted by molar-refractivity contribution is 6.32. The molecule has 0 saturated carbocycles. The molecule has 1 aliphatic rings. The second-order valence-corrected chi connectivity index (χ2v) is 6.37. The smallest absolute Gasteiger partial charge is 0.407 e. The summed E-state index contributed by atoms with van der Waals surface area (Å²) in [4.78, 5) is 12.0. The van der Waals surface area contributed by atoms with Gasteiger partial charge in [0.15, 0.2) is 11.5 Å². The van der Waals surface area contributed by atoms with Crippen molar-refractivity contribution in [3.05, 3.63) is 58.6 Å². The average molecular weight is 394 g/mol. The number of aliphatic hydroxyl groups is 2. The van der Waals surface area contributed by atoms with Crippen molar-refractivity contribution in [2.75, 3.05) is 19.8 Å². The highest BCUT2D eigenvalue weighted by atomic mass is 35.5. The van der Waals surface area contributed by atoms with Gasteiger partial charge in [-0.3, -0.25) is 0 Å². The minimum absolute atomic E-state index is 0.0801. The fourth-order valence-electron chi connectivity index (χ4n) is 2.67. The zero-order chi connectivity index (χ0) is 19.2. The molecule has 0 aliphatic carbocycles. The Kier molecular flexibility index (Phi) is 6.39. The van der Waals surface area contributed by atoms with Crippen LogP contribution >= 0.6 is 11.6 Å². The summed E-state index contributed by atoms with van der Waals surface area (Å²) in [5.41, 5.74) is 1.21. The summed E-state index contributed by atoms with van der Waals surface area (Å²) in [6, 6.07) is 11.3. The van der Waals surface area contributed by atoms with Crippen LogP contribution in [0.15, 0.2) is 42.5 Å². The topological polar surface area (TPSA) is 97.3 Å². The van der Waals surface area contributed by atoms with Crippen molar-refractivity contribution >= 4 is 17.7 Å². The van der Waals surface area contributed by atoms with Crippen LogP contribution in [0.4, 0.5) is 4.79 Å². The lowest BCUT2D eigenvalue weighted by molar-refractivity contribution is 0.0759. The monoisotopic (exact) mass is 393 g/mol. The molecule has 1 amide bonds. The van der Waals surface area contributed by atoms with Gasteiger partial charge in [-0.2, -0.15) is 0 Å². The Morgan fingerprint density at radius 1 is 1.22 bits per heavy atom. The summed E-state index contributed by atoms with van der Waals surface area (Å²) in [5, 5.41) is 22.9. The number of benzene rings is 2. The Morgan fingerprint density at radius 2 is 1.96 bits per heavy atom. The number of alkyl carbamates (subject to hydrolysis) is 1. The molecule has 1 aliphatic heterocycles. The van der Waals surface area contributed by atoms with E-state index >= 15 is 0 Å². The predicted octanol–water partition coefficient (Wildman–Crippen LogP) is 2.43. The molecule has 0 bridgehead atoms. The summed E-state index contributed by atoms with van der Waals surface area (Å²) < 4.78 is 16.0. The number of hydrogen-bond donors (Lipinski definition) is 3. The van der Waals surface area contributed by atoms with Crippen molar-refractivity contribution in [3.63, 3.8) is 0 Å². The summed E-state index contributed by atoms with van der Waals surface area (Å²) in [7, 11) is 0. The molecule has 2 aromatic carbocycles. The summed E-state index contributed by atoms with van der Waals surface area (Å²) in [5.74, 6) is 0.820. The number of carbonyl (C=O) groups excluding carboxylic acids is 1. The van der Waals surface area contributed by atoms with Gasteiger partial charge in [-0.25, -0.2) is 4.79 Å². The molecule has 8 heteroatoms. The van der Waals surface area contributed by atoms with Gasteiger partial charge in [-0.1, -0.05) is 41.9 Å². The molecule has 1 heterocycles. The van der Waals surface area contributed by atoms with Gasteiger partial charge < -0.3 is 29.7 Å². The van der Waals surface area contributed by atoms with Crippen LogP contribution in [0.2, 0.25) is 5.02 Å². The van der Waals surface area contributed by atoms with E-state index in [-0.39, 0.29) is 11.6 Å². The Hall–Kier alpha value is -2.48. The SMILES string of the molecule is O=C(N[C@H](CO)[C@H](O)c1cc(Cl)c2c(c1)OCCO2)OCc1ccccc1. The van der Waals surface area contributed by atoms with E-state index < -0.39 is 24.8 Å². The molecule has 2 atom stereocenters. The van der Waals surface area contributed by atoms with Crippen molar-refractivity contribution in [2.24, 2.45) is 0 Å². The average Bonchev–Trinajstić information content (AvgIpc) is 2.70. The van der Waals surface area contributed by atoms with Gasteiger partial charge in [0, 0.05) is 0 Å². The van der Waals surface area contributed by atoms with Crippen molar-refractivity contribution in [1.29, 1.82) is 0 Å². The van der Waals surface area contributed by atoms with Gasteiger partial charge in [0.2, 0.25) is 0 Å². The number of halogens is 1. The zero-order valence-electron chi connectivity index (χ0n) is 14.4. The van der Waals surface area contributed by atoms with Crippen LogP contribution in [0.1, 0.15) is 17.2 Å². The van der Waals surface area contributed by atoms with E-state index in [1.807, 2.05) is 30.3 Å². The second-order valence-electron chi connectivity index (χ2n) is 5.97. The molecule has 3 rings (SSSR count). The van der Waals surface area contributed by atoms with E-state index in [0.717, 1.165) is 5.56 Å². The molecule has 7 nitrogen and oxygen atoms in total. The molecule has 0 saturated heterocycles. The number of aliphatic hydroxyl groups excluding tert-OH is 2. The largest absolute Gasteiger partial charge is 0.486 e. The van der Waals surface area contributed by atoms with Gasteiger partial charge in [0.25, 0.3) is 0 Å². The Morgan fingerprint density at radius 3 is 2.70 bits per heavy atom. The molecule has 0 aromatic heterocycles. The first-order valence-corrected chi connectivity index (χ1v) is 8.81. The molecule has 2 aromatic rings. The molecule has 0 spiro atoms. The van der Waals surface area contributed by atoms with Crippen LogP contribution in [0, 0.1) is 0 Å². The molecule has 0 unspecified atom stereocenters. The number of ether oxygens (including phenoxy) is 3. The molecule has 0 radical (unpaired) electrons. The first-order valence-electron chi connectivity index (χ1n) is 8.43. The van der Waals surface area contributed by atoms with Crippen LogP contribution in [0.3, 0.4) is 0 Å². The van der Waals surface area contributed by atoms with Gasteiger partial charge >= 0.3 is 6.09 Å². The molecule has 0 fully saturated rings. The van der Waals surface area contributed by atoms with Crippen molar-refractivity contribution in [2.45, 2.75) is 18.8 Å². The lowest BCUT2D eigenvalue weighted by atomic mass is 10.0. The number of nitrogens with one attached hydrogen (secondary N) is 1. The summed E-state index contributed by atoms with van der Waals surface area (Å²) in [6.45, 7) is 0.351. The van der Waals surface area contributed by atoms with E-state index in [9.17, 15) is 15.0 Å². The van der Waals surface area contributed by atoms with Crippen molar-refractivity contribution in [1.82, 2.24) is 5.32 Å². The van der Waals surface area contributed by atoms with Gasteiger partial charge in [0.05, 0.1) is 17.7 Å². The van der Waals surface area contributed by atoms with Crippen molar-refractivity contribution < 1.29 is 29.2 Å². The van der Waals surface area contributed by atoms with Crippen molar-refractivity contribution in [3.8, 4) is 11.5 Å². The number of fused-ring (bicyclic) bond motifs is 1. The Balaban J connectivity index is 1.64. The number of carbonyl (C=O) groups is 1. The van der Waals surface area contributed by atoms with E-state index in [1.54, 1.807) is 6.07 Å². The Bertz CT molecular complexity index is 785. The summed E-state index contributed by atoms with van der Waals surface area (Å²) in [6.07, 6.45) is -1.96. The van der Waals surface area contributed by atoms with Crippen LogP contribution < -0.4 is 14.8 Å². The number of hydrogen-bond acceptors (Lipinski definition) is 6. The maximum atomic E-state index is 12.0. The van der Waals surface area contributed by atoms with Gasteiger partial charge in [0.1, 0.15) is 25.9 Å². The summed E-state index contributed by atoms with van der Waals surface area (Å²) >= 11 is 6.17. The van der Waals surface area contributed by atoms with Gasteiger partial charge in [-0.05, 0) is 23.3 Å². The maximum Gasteiger partial charge on any atom is 0.407 e.